The molecule has 3 N–H and O–H groups in total. The third-order valence-corrected chi connectivity index (χ3v) is 8.99. The summed E-state index contributed by atoms with van der Waals surface area (Å²) >= 11 is 0. The molecule has 0 saturated carbocycles. The second-order valence-corrected chi connectivity index (χ2v) is 14.0. The Morgan fingerprint density at radius 3 is 1.36 bits per heavy atom. The number of amides is 1. The van der Waals surface area contributed by atoms with E-state index in [0.717, 1.165) is 38.5 Å². The monoisotopic (exact) mass is 615 g/mol. The van der Waals surface area contributed by atoms with Crippen LogP contribution in [-0.2, 0) is 14.9 Å². The summed E-state index contributed by atoms with van der Waals surface area (Å²) in [5.74, 6) is -0.976. The first-order valence-electron chi connectivity index (χ1n) is 17.9. The van der Waals surface area contributed by atoms with E-state index in [4.69, 9.17) is 0 Å². The van der Waals surface area contributed by atoms with Gasteiger partial charge in [-0.1, -0.05) is 174 Å². The normalized spacial score (nSPS) is 13.5. The van der Waals surface area contributed by atoms with E-state index in [9.17, 15) is 22.9 Å². The number of carbonyl (C=O) groups is 1. The zero-order valence-electron chi connectivity index (χ0n) is 27.6. The lowest BCUT2D eigenvalue weighted by Crippen LogP contribution is -2.46. The molecule has 0 aliphatic carbocycles. The summed E-state index contributed by atoms with van der Waals surface area (Å²) in [4.78, 5) is 12.3. The first-order valence-corrected chi connectivity index (χ1v) is 19.5. The van der Waals surface area contributed by atoms with Crippen molar-refractivity contribution in [3.05, 3.63) is 12.2 Å². The van der Waals surface area contributed by atoms with Crippen molar-refractivity contribution in [2.24, 2.45) is 0 Å². The zero-order chi connectivity index (χ0) is 31.2. The summed E-state index contributed by atoms with van der Waals surface area (Å²) in [6.45, 7) is 4.47. The van der Waals surface area contributed by atoms with Gasteiger partial charge in [0.2, 0.25) is 5.91 Å². The fourth-order valence-electron chi connectivity index (χ4n) is 5.51. The van der Waals surface area contributed by atoms with E-state index in [2.05, 4.69) is 19.2 Å². The Hall–Kier alpha value is -0.920. The minimum Gasteiger partial charge on any atom is -0.387 e. The maximum Gasteiger partial charge on any atom is 0.267 e. The van der Waals surface area contributed by atoms with Crippen LogP contribution in [0, 0.1) is 0 Å². The molecule has 7 heteroatoms. The summed E-state index contributed by atoms with van der Waals surface area (Å²) in [7, 11) is -4.33. The number of aliphatic hydroxyl groups is 1. The number of rotatable bonds is 32. The van der Waals surface area contributed by atoms with Crippen molar-refractivity contribution in [3.8, 4) is 0 Å². The molecule has 0 fully saturated rings. The van der Waals surface area contributed by atoms with Gasteiger partial charge in [0.25, 0.3) is 10.1 Å². The number of unbranched alkanes of at least 4 members (excludes halogenated alkanes) is 24. The molecule has 42 heavy (non-hydrogen) atoms. The van der Waals surface area contributed by atoms with E-state index in [1.807, 2.05) is 6.08 Å². The molecule has 0 bridgehead atoms. The highest BCUT2D eigenvalue weighted by molar-refractivity contribution is 7.85. The molecule has 0 heterocycles. The molecule has 0 saturated heterocycles. The first-order chi connectivity index (χ1) is 20.3. The van der Waals surface area contributed by atoms with Crippen LogP contribution < -0.4 is 5.32 Å². The topological polar surface area (TPSA) is 104 Å². The summed E-state index contributed by atoms with van der Waals surface area (Å²) in [6.07, 6.45) is 35.0. The van der Waals surface area contributed by atoms with Gasteiger partial charge < -0.3 is 10.4 Å². The molecular formula is C35H69NO5S. The number of carbonyl (C=O) groups excluding carboxylic acids is 1. The van der Waals surface area contributed by atoms with Gasteiger partial charge in [0.1, 0.15) is 0 Å². The van der Waals surface area contributed by atoms with Crippen molar-refractivity contribution in [1.82, 2.24) is 5.32 Å². The van der Waals surface area contributed by atoms with Gasteiger partial charge >= 0.3 is 0 Å². The largest absolute Gasteiger partial charge is 0.387 e. The summed E-state index contributed by atoms with van der Waals surface area (Å²) in [5, 5.41) is 13.1. The molecule has 0 spiro atoms. The molecule has 6 nitrogen and oxygen atoms in total. The van der Waals surface area contributed by atoms with Gasteiger partial charge in [-0.2, -0.15) is 8.42 Å². The van der Waals surface area contributed by atoms with Crippen molar-refractivity contribution in [2.75, 3.05) is 5.75 Å². The number of allylic oxidation sites excluding steroid dienone is 1. The first kappa shape index (κ1) is 41.1. The summed E-state index contributed by atoms with van der Waals surface area (Å²) in [5.41, 5.74) is 0. The van der Waals surface area contributed by atoms with Crippen molar-refractivity contribution in [1.29, 1.82) is 0 Å². The Morgan fingerprint density at radius 1 is 0.619 bits per heavy atom. The SMILES string of the molecule is CCCCCCCCCCCCCCCCCCC/C=C/C(O)C(CS(=O)(=O)O)NC(=O)CCCCCCCCCC. The Morgan fingerprint density at radius 2 is 0.976 bits per heavy atom. The lowest BCUT2D eigenvalue weighted by molar-refractivity contribution is -0.122. The number of hydrogen-bond acceptors (Lipinski definition) is 4. The maximum atomic E-state index is 12.3. The quantitative estimate of drug-likeness (QED) is 0.0397. The molecule has 0 aliphatic heterocycles. The van der Waals surface area contributed by atoms with Gasteiger partial charge in [0, 0.05) is 6.42 Å². The van der Waals surface area contributed by atoms with Crippen LogP contribution in [0.1, 0.15) is 187 Å². The average Bonchev–Trinajstić information content (AvgIpc) is 2.94. The Kier molecular flexibility index (Phi) is 29.5. The predicted octanol–water partition coefficient (Wildman–Crippen LogP) is 9.85. The predicted molar refractivity (Wildman–Crippen MR) is 180 cm³/mol. The van der Waals surface area contributed by atoms with Crippen LogP contribution in [0.25, 0.3) is 0 Å². The zero-order valence-corrected chi connectivity index (χ0v) is 28.5. The van der Waals surface area contributed by atoms with Gasteiger partial charge in [-0.15, -0.1) is 0 Å². The van der Waals surface area contributed by atoms with Gasteiger partial charge in [-0.05, 0) is 19.3 Å². The second kappa shape index (κ2) is 30.1. The fourth-order valence-corrected chi connectivity index (χ4v) is 6.24. The molecule has 0 aromatic rings. The van der Waals surface area contributed by atoms with Crippen molar-refractivity contribution < 1.29 is 22.9 Å². The van der Waals surface area contributed by atoms with Crippen LogP contribution in [0.5, 0.6) is 0 Å². The van der Waals surface area contributed by atoms with Crippen LogP contribution in [0.4, 0.5) is 0 Å². The molecule has 250 valence electrons. The van der Waals surface area contributed by atoms with Gasteiger partial charge in [-0.3, -0.25) is 9.35 Å². The lowest BCUT2D eigenvalue weighted by Gasteiger charge is -2.21. The highest BCUT2D eigenvalue weighted by Crippen LogP contribution is 2.15. The number of hydrogen-bond donors (Lipinski definition) is 3. The van der Waals surface area contributed by atoms with E-state index in [-0.39, 0.29) is 5.91 Å². The van der Waals surface area contributed by atoms with E-state index in [1.165, 1.54) is 128 Å². The molecule has 0 aliphatic rings. The van der Waals surface area contributed by atoms with Crippen LogP contribution in [0.3, 0.4) is 0 Å². The van der Waals surface area contributed by atoms with Crippen molar-refractivity contribution in [3.63, 3.8) is 0 Å². The minimum absolute atomic E-state index is 0.282. The highest BCUT2D eigenvalue weighted by Gasteiger charge is 2.24. The van der Waals surface area contributed by atoms with E-state index < -0.39 is 28.0 Å². The van der Waals surface area contributed by atoms with Gasteiger partial charge in [0.05, 0.1) is 17.9 Å². The molecule has 0 rings (SSSR count). The smallest absolute Gasteiger partial charge is 0.267 e. The fraction of sp³-hybridized carbons (Fsp3) is 0.914. The third kappa shape index (κ3) is 30.5. The molecule has 2 atom stereocenters. The molecule has 1 amide bonds. The summed E-state index contributed by atoms with van der Waals surface area (Å²) in [6, 6.07) is -1.05. The standard InChI is InChI=1S/C35H69NO5S/c1-3-5-7-9-11-13-14-15-16-17-18-19-20-21-22-23-24-26-28-30-34(37)33(32-42(39,40)41)36-35(38)31-29-27-25-12-10-8-6-4-2/h28,30,33-34,37H,3-27,29,31-32H2,1-2H3,(H,36,38)(H,39,40,41)/b30-28+. The summed E-state index contributed by atoms with van der Waals surface area (Å²) < 4.78 is 32.2. The van der Waals surface area contributed by atoms with Crippen molar-refractivity contribution in [2.45, 2.75) is 199 Å². The second-order valence-electron chi connectivity index (χ2n) is 12.5. The molecular weight excluding hydrogens is 546 g/mol. The Bertz CT molecular complexity index is 725. The van der Waals surface area contributed by atoms with Crippen LogP contribution in [-0.4, -0.2) is 41.9 Å². The van der Waals surface area contributed by atoms with Gasteiger partial charge in [-0.25, -0.2) is 0 Å². The Labute approximate surface area is 261 Å². The third-order valence-electron chi connectivity index (χ3n) is 8.21. The average molecular weight is 616 g/mol. The molecule has 2 unspecified atom stereocenters. The van der Waals surface area contributed by atoms with Crippen molar-refractivity contribution >= 4 is 16.0 Å². The van der Waals surface area contributed by atoms with E-state index in [0.29, 0.717) is 6.42 Å². The number of aliphatic hydroxyl groups excluding tert-OH is 1. The molecule has 0 aromatic carbocycles. The number of nitrogens with one attached hydrogen (secondary N) is 1. The maximum absolute atomic E-state index is 12.3. The van der Waals surface area contributed by atoms with Gasteiger partial charge in [0.15, 0.2) is 0 Å². The van der Waals surface area contributed by atoms with E-state index in [1.54, 1.807) is 6.08 Å². The van der Waals surface area contributed by atoms with Crippen LogP contribution in [0.2, 0.25) is 0 Å². The highest BCUT2D eigenvalue weighted by atomic mass is 32.2. The Balaban J connectivity index is 3.89. The molecule has 0 aromatic heterocycles. The lowest BCUT2D eigenvalue weighted by atomic mass is 10.0. The van der Waals surface area contributed by atoms with Crippen LogP contribution >= 0.6 is 0 Å². The minimum atomic E-state index is -4.33. The van der Waals surface area contributed by atoms with Crippen LogP contribution in [0.15, 0.2) is 12.2 Å². The van der Waals surface area contributed by atoms with E-state index >= 15 is 0 Å². The molecule has 0 radical (unpaired) electrons.